The topological polar surface area (TPSA) is 29.1 Å². The maximum Gasteiger partial charge on any atom is 0.251 e. The van der Waals surface area contributed by atoms with E-state index < -0.39 is 0 Å². The van der Waals surface area contributed by atoms with Gasteiger partial charge in [-0.1, -0.05) is 22.0 Å². The molecule has 1 fully saturated rings. The molecule has 0 heterocycles. The number of nitrogens with one attached hydrogen (secondary N) is 1. The third-order valence-electron chi connectivity index (χ3n) is 3.41. The standard InChI is InChI=1S/C14H17BrFNO/c15-12-6-4-10(5-7-12)9-17-14(18)11-2-1-3-13(16)8-11/h1-3,8,10,12H,4-7,9H2,(H,17,18). The first-order chi connectivity index (χ1) is 8.65. The molecular formula is C14H17BrFNO. The van der Waals surface area contributed by atoms with Crippen LogP contribution in [0.4, 0.5) is 4.39 Å². The van der Waals surface area contributed by atoms with Gasteiger partial charge >= 0.3 is 0 Å². The molecular weight excluding hydrogens is 297 g/mol. The van der Waals surface area contributed by atoms with Crippen LogP contribution in [0.25, 0.3) is 0 Å². The maximum atomic E-state index is 13.0. The van der Waals surface area contributed by atoms with Crippen LogP contribution in [0.5, 0.6) is 0 Å². The fourth-order valence-corrected chi connectivity index (χ4v) is 2.82. The molecule has 0 bridgehead atoms. The molecule has 0 radical (unpaired) electrons. The highest BCUT2D eigenvalue weighted by Gasteiger charge is 2.19. The molecule has 18 heavy (non-hydrogen) atoms. The third-order valence-corrected chi connectivity index (χ3v) is 4.33. The molecule has 0 saturated heterocycles. The van der Waals surface area contributed by atoms with Crippen LogP contribution >= 0.6 is 15.9 Å². The van der Waals surface area contributed by atoms with Crippen LogP contribution in [-0.2, 0) is 0 Å². The van der Waals surface area contributed by atoms with Crippen LogP contribution in [0.1, 0.15) is 36.0 Å². The van der Waals surface area contributed by atoms with Gasteiger partial charge in [0, 0.05) is 16.9 Å². The zero-order valence-electron chi connectivity index (χ0n) is 10.2. The van der Waals surface area contributed by atoms with E-state index in [1.807, 2.05) is 0 Å². The van der Waals surface area contributed by atoms with Gasteiger partial charge in [-0.05, 0) is 49.8 Å². The summed E-state index contributed by atoms with van der Waals surface area (Å²) in [6.07, 6.45) is 4.61. The Kier molecular flexibility index (Phi) is 4.75. The Bertz CT molecular complexity index is 416. The van der Waals surface area contributed by atoms with Gasteiger partial charge in [0.2, 0.25) is 0 Å². The monoisotopic (exact) mass is 313 g/mol. The van der Waals surface area contributed by atoms with Crippen molar-refractivity contribution >= 4 is 21.8 Å². The number of carbonyl (C=O) groups excluding carboxylic acids is 1. The van der Waals surface area contributed by atoms with Gasteiger partial charge in [-0.15, -0.1) is 0 Å². The summed E-state index contributed by atoms with van der Waals surface area (Å²) in [5, 5.41) is 2.89. The number of amides is 1. The zero-order valence-corrected chi connectivity index (χ0v) is 11.7. The lowest BCUT2D eigenvalue weighted by molar-refractivity contribution is 0.0943. The fourth-order valence-electron chi connectivity index (χ4n) is 2.29. The number of benzene rings is 1. The van der Waals surface area contributed by atoms with Crippen LogP contribution in [0.3, 0.4) is 0 Å². The Morgan fingerprint density at radius 2 is 2.06 bits per heavy atom. The Morgan fingerprint density at radius 1 is 1.33 bits per heavy atom. The van der Waals surface area contributed by atoms with Crippen LogP contribution in [-0.4, -0.2) is 17.3 Å². The van der Waals surface area contributed by atoms with Crippen molar-refractivity contribution in [1.29, 1.82) is 0 Å². The SMILES string of the molecule is O=C(NCC1CCC(Br)CC1)c1cccc(F)c1. The van der Waals surface area contributed by atoms with Gasteiger partial charge in [0.05, 0.1) is 0 Å². The van der Waals surface area contributed by atoms with Crippen LogP contribution in [0.2, 0.25) is 0 Å². The predicted molar refractivity (Wildman–Crippen MR) is 73.4 cm³/mol. The molecule has 1 saturated carbocycles. The van der Waals surface area contributed by atoms with E-state index in [1.165, 1.54) is 25.0 Å². The number of hydrogen-bond donors (Lipinski definition) is 1. The predicted octanol–water partition coefficient (Wildman–Crippen LogP) is 3.51. The first-order valence-electron chi connectivity index (χ1n) is 6.33. The van der Waals surface area contributed by atoms with Gasteiger partial charge in [-0.3, -0.25) is 4.79 Å². The van der Waals surface area contributed by atoms with Crippen LogP contribution in [0.15, 0.2) is 24.3 Å². The number of halogens is 2. The second kappa shape index (κ2) is 6.32. The minimum atomic E-state index is -0.373. The highest BCUT2D eigenvalue weighted by Crippen LogP contribution is 2.28. The van der Waals surface area contributed by atoms with Crippen molar-refractivity contribution in [3.8, 4) is 0 Å². The first-order valence-corrected chi connectivity index (χ1v) is 7.24. The highest BCUT2D eigenvalue weighted by molar-refractivity contribution is 9.09. The second-order valence-electron chi connectivity index (χ2n) is 4.84. The summed E-state index contributed by atoms with van der Waals surface area (Å²) in [6, 6.07) is 5.80. The molecule has 4 heteroatoms. The summed E-state index contributed by atoms with van der Waals surface area (Å²) >= 11 is 3.61. The molecule has 1 aliphatic carbocycles. The van der Waals surface area contributed by atoms with E-state index >= 15 is 0 Å². The molecule has 1 N–H and O–H groups in total. The molecule has 0 spiro atoms. The summed E-state index contributed by atoms with van der Waals surface area (Å²) in [5.74, 6) is -0.00535. The van der Waals surface area contributed by atoms with Gasteiger partial charge < -0.3 is 5.32 Å². The van der Waals surface area contributed by atoms with E-state index in [2.05, 4.69) is 21.2 Å². The minimum Gasteiger partial charge on any atom is -0.352 e. The van der Waals surface area contributed by atoms with Gasteiger partial charge in [0.25, 0.3) is 5.91 Å². The fraction of sp³-hybridized carbons (Fsp3) is 0.500. The van der Waals surface area contributed by atoms with Crippen molar-refractivity contribution in [1.82, 2.24) is 5.32 Å². The van der Waals surface area contributed by atoms with E-state index in [0.29, 0.717) is 22.9 Å². The smallest absolute Gasteiger partial charge is 0.251 e. The average molecular weight is 314 g/mol. The maximum absolute atomic E-state index is 13.0. The summed E-state index contributed by atoms with van der Waals surface area (Å²) in [4.78, 5) is 12.4. The van der Waals surface area contributed by atoms with E-state index in [9.17, 15) is 9.18 Å². The van der Waals surface area contributed by atoms with E-state index in [0.717, 1.165) is 12.8 Å². The molecule has 2 nitrogen and oxygen atoms in total. The molecule has 1 amide bonds. The van der Waals surface area contributed by atoms with Gasteiger partial charge in [0.15, 0.2) is 0 Å². The Morgan fingerprint density at radius 3 is 2.72 bits per heavy atom. The Balaban J connectivity index is 1.81. The highest BCUT2D eigenvalue weighted by atomic mass is 79.9. The Labute approximate surface area is 115 Å². The van der Waals surface area contributed by atoms with Crippen molar-refractivity contribution in [3.05, 3.63) is 35.6 Å². The quantitative estimate of drug-likeness (QED) is 0.850. The molecule has 0 aliphatic heterocycles. The molecule has 1 aliphatic rings. The summed E-state index contributed by atoms with van der Waals surface area (Å²) < 4.78 is 13.0. The van der Waals surface area contributed by atoms with Crippen molar-refractivity contribution in [2.45, 2.75) is 30.5 Å². The molecule has 2 rings (SSSR count). The lowest BCUT2D eigenvalue weighted by atomic mass is 9.89. The summed E-state index contributed by atoms with van der Waals surface area (Å²) in [5.41, 5.74) is 0.393. The van der Waals surface area contributed by atoms with Gasteiger partial charge in [-0.25, -0.2) is 4.39 Å². The number of carbonyl (C=O) groups is 1. The molecule has 0 unspecified atom stereocenters. The molecule has 1 aromatic rings. The Hall–Kier alpha value is -0.900. The first kappa shape index (κ1) is 13.5. The average Bonchev–Trinajstić information content (AvgIpc) is 2.38. The lowest BCUT2D eigenvalue weighted by Crippen LogP contribution is -2.31. The number of alkyl halides is 1. The zero-order chi connectivity index (χ0) is 13.0. The van der Waals surface area contributed by atoms with Gasteiger partial charge in [0.1, 0.15) is 5.82 Å². The molecule has 1 aromatic carbocycles. The minimum absolute atomic E-state index is 0.185. The van der Waals surface area contributed by atoms with E-state index in [-0.39, 0.29) is 11.7 Å². The van der Waals surface area contributed by atoms with Crippen LogP contribution < -0.4 is 5.32 Å². The summed E-state index contributed by atoms with van der Waals surface area (Å²) in [6.45, 7) is 0.690. The molecule has 98 valence electrons. The van der Waals surface area contributed by atoms with Crippen molar-refractivity contribution in [2.24, 2.45) is 5.92 Å². The van der Waals surface area contributed by atoms with Crippen molar-refractivity contribution < 1.29 is 9.18 Å². The lowest BCUT2D eigenvalue weighted by Gasteiger charge is -2.25. The number of hydrogen-bond acceptors (Lipinski definition) is 1. The van der Waals surface area contributed by atoms with E-state index in [1.54, 1.807) is 12.1 Å². The molecule has 0 atom stereocenters. The van der Waals surface area contributed by atoms with E-state index in [4.69, 9.17) is 0 Å². The second-order valence-corrected chi connectivity index (χ2v) is 6.13. The van der Waals surface area contributed by atoms with Gasteiger partial charge in [-0.2, -0.15) is 0 Å². The number of rotatable bonds is 3. The van der Waals surface area contributed by atoms with Crippen molar-refractivity contribution in [3.63, 3.8) is 0 Å². The molecule has 0 aromatic heterocycles. The summed E-state index contributed by atoms with van der Waals surface area (Å²) in [7, 11) is 0. The third kappa shape index (κ3) is 3.80. The van der Waals surface area contributed by atoms with Crippen molar-refractivity contribution in [2.75, 3.05) is 6.54 Å². The normalized spacial score (nSPS) is 23.7. The van der Waals surface area contributed by atoms with Crippen LogP contribution in [0, 0.1) is 11.7 Å². The largest absolute Gasteiger partial charge is 0.352 e.